The number of fused-ring (bicyclic) bond motifs is 1. The summed E-state index contributed by atoms with van der Waals surface area (Å²) in [6.07, 6.45) is 0.167. The van der Waals surface area contributed by atoms with Crippen molar-refractivity contribution in [3.63, 3.8) is 0 Å². The van der Waals surface area contributed by atoms with Crippen LogP contribution in [0.1, 0.15) is 27.3 Å². The summed E-state index contributed by atoms with van der Waals surface area (Å²) < 4.78 is 47.7. The van der Waals surface area contributed by atoms with E-state index >= 15 is 0 Å². The number of hydrogen-bond acceptors (Lipinski definition) is 6. The van der Waals surface area contributed by atoms with Gasteiger partial charge in [-0.05, 0) is 24.6 Å². The Labute approximate surface area is 169 Å². The number of anilines is 1. The van der Waals surface area contributed by atoms with Crippen LogP contribution >= 0.6 is 0 Å². The van der Waals surface area contributed by atoms with E-state index < -0.39 is 12.8 Å². The molecular formula is C19H18F3N5O3. The maximum atomic E-state index is 12.8. The Bertz CT molecular complexity index is 1040. The SMILES string of the molecule is COC1=C(OCC(F)(F)F)C=C(c2cc(C)c3c(n2)CN(c2cn[nH]c2)C3=O)CN1. The number of allylic oxidation sites excluding steroid dienone is 1. The van der Waals surface area contributed by atoms with E-state index in [0.717, 1.165) is 5.56 Å². The molecule has 0 saturated carbocycles. The van der Waals surface area contributed by atoms with Gasteiger partial charge in [-0.25, -0.2) is 0 Å². The van der Waals surface area contributed by atoms with Crippen molar-refractivity contribution in [3.05, 3.63) is 58.7 Å². The van der Waals surface area contributed by atoms with Gasteiger partial charge in [0.05, 0.1) is 42.5 Å². The number of pyridine rings is 1. The van der Waals surface area contributed by atoms with Gasteiger partial charge < -0.3 is 14.8 Å². The quantitative estimate of drug-likeness (QED) is 0.771. The normalized spacial score (nSPS) is 16.4. The number of nitrogens with one attached hydrogen (secondary N) is 2. The van der Waals surface area contributed by atoms with E-state index in [-0.39, 0.29) is 30.6 Å². The van der Waals surface area contributed by atoms with E-state index in [1.807, 2.05) is 0 Å². The fourth-order valence-corrected chi connectivity index (χ4v) is 3.41. The number of halogens is 3. The Balaban J connectivity index is 1.65. The fourth-order valence-electron chi connectivity index (χ4n) is 3.41. The lowest BCUT2D eigenvalue weighted by atomic mass is 10.0. The summed E-state index contributed by atoms with van der Waals surface area (Å²) in [5.41, 5.74) is 3.64. The van der Waals surface area contributed by atoms with Gasteiger partial charge in [0, 0.05) is 18.3 Å². The first-order chi connectivity index (χ1) is 14.3. The molecule has 2 aliphatic rings. The van der Waals surface area contributed by atoms with Gasteiger partial charge in [-0.1, -0.05) is 0 Å². The molecule has 2 N–H and O–H groups in total. The molecule has 0 unspecified atom stereocenters. The van der Waals surface area contributed by atoms with E-state index in [9.17, 15) is 18.0 Å². The molecule has 8 nitrogen and oxygen atoms in total. The van der Waals surface area contributed by atoms with E-state index in [1.165, 1.54) is 13.2 Å². The molecule has 0 fully saturated rings. The molecule has 2 aromatic heterocycles. The number of methoxy groups -OCH3 is 1. The summed E-state index contributed by atoms with van der Waals surface area (Å²) in [6, 6.07) is 1.74. The van der Waals surface area contributed by atoms with Crippen molar-refractivity contribution in [2.45, 2.75) is 19.6 Å². The minimum atomic E-state index is -4.48. The molecule has 4 heterocycles. The van der Waals surface area contributed by atoms with Crippen molar-refractivity contribution in [3.8, 4) is 0 Å². The first-order valence-corrected chi connectivity index (χ1v) is 9.00. The molecule has 0 saturated heterocycles. The van der Waals surface area contributed by atoms with Gasteiger partial charge in [-0.15, -0.1) is 0 Å². The van der Waals surface area contributed by atoms with Gasteiger partial charge in [0.1, 0.15) is 0 Å². The minimum Gasteiger partial charge on any atom is -0.480 e. The number of hydrogen-bond donors (Lipinski definition) is 2. The lowest BCUT2D eigenvalue weighted by molar-refractivity contribution is -0.164. The second-order valence-corrected chi connectivity index (χ2v) is 6.82. The molecule has 0 bridgehead atoms. The molecule has 0 spiro atoms. The lowest BCUT2D eigenvalue weighted by Crippen LogP contribution is -2.26. The van der Waals surface area contributed by atoms with Crippen LogP contribution in [0.4, 0.5) is 18.9 Å². The summed E-state index contributed by atoms with van der Waals surface area (Å²) in [4.78, 5) is 18.9. The zero-order chi connectivity index (χ0) is 21.5. The molecule has 11 heteroatoms. The fraction of sp³-hybridized carbons (Fsp3) is 0.316. The van der Waals surface area contributed by atoms with Gasteiger partial charge in [-0.2, -0.15) is 18.3 Å². The maximum absolute atomic E-state index is 12.8. The minimum absolute atomic E-state index is 0.0628. The molecule has 4 rings (SSSR count). The molecule has 2 aromatic rings. The highest BCUT2D eigenvalue weighted by atomic mass is 19.4. The van der Waals surface area contributed by atoms with Crippen LogP contribution in [0.25, 0.3) is 5.57 Å². The number of nitrogens with zero attached hydrogens (tertiary/aromatic N) is 3. The summed E-state index contributed by atoms with van der Waals surface area (Å²) in [5, 5.41) is 9.44. The predicted molar refractivity (Wildman–Crippen MR) is 100 cm³/mol. The highest BCUT2D eigenvalue weighted by molar-refractivity contribution is 6.10. The number of carbonyl (C=O) groups excluding carboxylic acids is 1. The third-order valence-corrected chi connectivity index (χ3v) is 4.75. The molecule has 158 valence electrons. The van der Waals surface area contributed by atoms with Crippen molar-refractivity contribution >= 4 is 17.2 Å². The molecule has 0 aliphatic carbocycles. The van der Waals surface area contributed by atoms with Gasteiger partial charge in [0.2, 0.25) is 5.88 Å². The van der Waals surface area contributed by atoms with Crippen LogP contribution in [0.15, 0.2) is 36.2 Å². The predicted octanol–water partition coefficient (Wildman–Crippen LogP) is 2.65. The van der Waals surface area contributed by atoms with E-state index in [4.69, 9.17) is 9.47 Å². The van der Waals surface area contributed by atoms with Crippen LogP contribution in [0.3, 0.4) is 0 Å². The summed E-state index contributed by atoms with van der Waals surface area (Å²) >= 11 is 0. The number of aromatic amines is 1. The third kappa shape index (κ3) is 3.70. The van der Waals surface area contributed by atoms with E-state index in [0.29, 0.717) is 28.2 Å². The largest absolute Gasteiger partial charge is 0.480 e. The average molecular weight is 421 g/mol. The molecule has 0 radical (unpaired) electrons. The molecule has 2 aliphatic heterocycles. The highest BCUT2D eigenvalue weighted by Gasteiger charge is 2.33. The number of alkyl halides is 3. The smallest absolute Gasteiger partial charge is 0.422 e. The Hall–Kier alpha value is -3.50. The molecule has 1 amide bonds. The second kappa shape index (κ2) is 7.39. The van der Waals surface area contributed by atoms with Gasteiger partial charge in [0.15, 0.2) is 12.4 Å². The second-order valence-electron chi connectivity index (χ2n) is 6.82. The van der Waals surface area contributed by atoms with Gasteiger partial charge >= 0.3 is 6.18 Å². The number of ether oxygens (including phenoxy) is 2. The third-order valence-electron chi connectivity index (χ3n) is 4.75. The van der Waals surface area contributed by atoms with Crippen LogP contribution < -0.4 is 10.2 Å². The highest BCUT2D eigenvalue weighted by Crippen LogP contribution is 2.31. The Morgan fingerprint density at radius 1 is 1.33 bits per heavy atom. The van der Waals surface area contributed by atoms with Crippen molar-refractivity contribution in [1.82, 2.24) is 20.5 Å². The average Bonchev–Trinajstić information content (AvgIpc) is 3.33. The van der Waals surface area contributed by atoms with Crippen LogP contribution in [0, 0.1) is 6.92 Å². The number of carbonyl (C=O) groups is 1. The number of dihydropyridines is 1. The summed E-state index contributed by atoms with van der Waals surface area (Å²) in [5.74, 6) is -0.121. The van der Waals surface area contributed by atoms with Crippen molar-refractivity contribution < 1.29 is 27.4 Å². The number of aromatic nitrogens is 3. The number of H-pyrrole nitrogens is 1. The molecule has 30 heavy (non-hydrogen) atoms. The summed E-state index contributed by atoms with van der Waals surface area (Å²) in [7, 11) is 1.34. The maximum Gasteiger partial charge on any atom is 0.422 e. The van der Waals surface area contributed by atoms with Gasteiger partial charge in [0.25, 0.3) is 5.91 Å². The van der Waals surface area contributed by atoms with Crippen molar-refractivity contribution in [1.29, 1.82) is 0 Å². The van der Waals surface area contributed by atoms with E-state index in [2.05, 4.69) is 20.5 Å². The Morgan fingerprint density at radius 3 is 2.80 bits per heavy atom. The number of aryl methyl sites for hydroxylation is 1. The Kier molecular flexibility index (Phi) is 4.88. The van der Waals surface area contributed by atoms with Crippen LogP contribution in [-0.4, -0.2) is 47.5 Å². The first-order valence-electron chi connectivity index (χ1n) is 9.00. The number of rotatable bonds is 5. The standard InChI is InChI=1S/C19H18F3N5O3/c1-10-3-13(11-4-15(17(29-2)23-5-11)30-9-19(20,21)22)26-14-8-27(18(28)16(10)14)12-6-24-25-7-12/h3-4,6-7,23H,5,8-9H2,1-2H3,(H,24,25). The van der Waals surface area contributed by atoms with Crippen LogP contribution in [0.5, 0.6) is 0 Å². The van der Waals surface area contributed by atoms with Crippen LogP contribution in [-0.2, 0) is 16.0 Å². The van der Waals surface area contributed by atoms with Crippen LogP contribution in [0.2, 0.25) is 0 Å². The van der Waals surface area contributed by atoms with E-state index in [1.54, 1.807) is 30.3 Å². The molecule has 0 aromatic carbocycles. The summed E-state index contributed by atoms with van der Waals surface area (Å²) in [6.45, 7) is 0.924. The monoisotopic (exact) mass is 421 g/mol. The zero-order valence-corrected chi connectivity index (χ0v) is 16.1. The number of amides is 1. The van der Waals surface area contributed by atoms with Crippen molar-refractivity contribution in [2.75, 3.05) is 25.2 Å². The van der Waals surface area contributed by atoms with Gasteiger partial charge in [-0.3, -0.25) is 19.8 Å². The zero-order valence-electron chi connectivity index (χ0n) is 16.1. The molecular weight excluding hydrogens is 403 g/mol. The topological polar surface area (TPSA) is 92.4 Å². The first kappa shape index (κ1) is 19.8. The Morgan fingerprint density at radius 2 is 2.13 bits per heavy atom. The van der Waals surface area contributed by atoms with Crippen molar-refractivity contribution in [2.24, 2.45) is 0 Å². The lowest BCUT2D eigenvalue weighted by Gasteiger charge is -2.21. The molecule has 0 atom stereocenters.